The van der Waals surface area contributed by atoms with E-state index in [1.54, 1.807) is 13.2 Å². The highest BCUT2D eigenvalue weighted by Gasteiger charge is 2.38. The van der Waals surface area contributed by atoms with Gasteiger partial charge in [-0.15, -0.1) is 11.6 Å². The van der Waals surface area contributed by atoms with Crippen molar-refractivity contribution in [2.75, 3.05) is 26.8 Å². The van der Waals surface area contributed by atoms with E-state index in [2.05, 4.69) is 5.32 Å². The van der Waals surface area contributed by atoms with E-state index in [4.69, 9.17) is 32.7 Å². The molecule has 0 saturated carbocycles. The van der Waals surface area contributed by atoms with E-state index in [0.29, 0.717) is 12.4 Å². The van der Waals surface area contributed by atoms with Crippen LogP contribution in [0, 0.1) is 5.92 Å². The van der Waals surface area contributed by atoms with Gasteiger partial charge in [0.1, 0.15) is 11.1 Å². The Labute approximate surface area is 131 Å². The number of halogens is 2. The molecule has 0 aromatic carbocycles. The van der Waals surface area contributed by atoms with Crippen molar-refractivity contribution in [2.45, 2.75) is 36.1 Å². The van der Waals surface area contributed by atoms with E-state index in [1.165, 1.54) is 19.3 Å². The lowest BCUT2D eigenvalue weighted by Gasteiger charge is -2.31. The summed E-state index contributed by atoms with van der Waals surface area (Å²) in [5.41, 5.74) is 0. The second kappa shape index (κ2) is 7.69. The van der Waals surface area contributed by atoms with Crippen LogP contribution in [0.2, 0.25) is 0 Å². The molecule has 114 valence electrons. The van der Waals surface area contributed by atoms with E-state index in [0.717, 1.165) is 25.4 Å². The average molecular weight is 320 g/mol. The first-order valence-electron chi connectivity index (χ1n) is 7.27. The van der Waals surface area contributed by atoms with Crippen molar-refractivity contribution in [3.8, 4) is 0 Å². The Hall–Kier alpha value is -0.220. The summed E-state index contributed by atoms with van der Waals surface area (Å²) in [5, 5.41) is 1.90. The predicted molar refractivity (Wildman–Crippen MR) is 83.2 cm³/mol. The minimum atomic E-state index is -0.999. The van der Waals surface area contributed by atoms with Gasteiger partial charge in [-0.3, -0.25) is 0 Å². The number of hydrogen-bond acceptors (Lipinski definition) is 3. The molecule has 2 unspecified atom stereocenters. The van der Waals surface area contributed by atoms with E-state index in [1.807, 2.05) is 12.2 Å². The molecule has 0 radical (unpaired) electrons. The van der Waals surface area contributed by atoms with Gasteiger partial charge >= 0.3 is 0 Å². The van der Waals surface area contributed by atoms with Gasteiger partial charge in [0, 0.05) is 7.11 Å². The van der Waals surface area contributed by atoms with E-state index in [-0.39, 0.29) is 0 Å². The molecule has 1 fully saturated rings. The highest BCUT2D eigenvalue weighted by atomic mass is 35.5. The number of rotatable bonds is 6. The van der Waals surface area contributed by atoms with Crippen molar-refractivity contribution in [1.82, 2.24) is 5.32 Å². The predicted octanol–water partition coefficient (Wildman–Crippen LogP) is 3.43. The number of piperidine rings is 1. The first-order chi connectivity index (χ1) is 9.65. The second-order valence-electron chi connectivity index (χ2n) is 5.38. The summed E-state index contributed by atoms with van der Waals surface area (Å²) in [6, 6.07) is 0. The SMILES string of the molecule is COC1(Cl)C=CC=C(OCCCC2CCNCC2)C1Cl. The molecule has 1 aliphatic carbocycles. The fourth-order valence-corrected chi connectivity index (χ4v) is 3.14. The topological polar surface area (TPSA) is 30.5 Å². The maximum atomic E-state index is 6.31. The molecule has 2 aliphatic rings. The van der Waals surface area contributed by atoms with Gasteiger partial charge in [0.2, 0.25) is 0 Å². The zero-order valence-electron chi connectivity index (χ0n) is 11.9. The summed E-state index contributed by atoms with van der Waals surface area (Å²) in [6.45, 7) is 2.98. The molecule has 0 aromatic rings. The van der Waals surface area contributed by atoms with Crippen molar-refractivity contribution in [2.24, 2.45) is 5.92 Å². The van der Waals surface area contributed by atoms with Crippen molar-refractivity contribution in [3.05, 3.63) is 24.0 Å². The standard InChI is InChI=1S/C15H23Cl2NO2/c1-19-15(17)8-2-5-13(14(15)16)20-11-3-4-12-6-9-18-10-7-12/h2,5,8,12,14,18H,3-4,6-7,9-11H2,1H3. The van der Waals surface area contributed by atoms with Gasteiger partial charge in [0.25, 0.3) is 0 Å². The third kappa shape index (κ3) is 4.14. The molecule has 0 amide bonds. The van der Waals surface area contributed by atoms with Crippen LogP contribution in [-0.2, 0) is 9.47 Å². The fraction of sp³-hybridized carbons (Fsp3) is 0.733. The Kier molecular flexibility index (Phi) is 6.21. The van der Waals surface area contributed by atoms with Crippen molar-refractivity contribution < 1.29 is 9.47 Å². The van der Waals surface area contributed by atoms with E-state index < -0.39 is 10.4 Å². The van der Waals surface area contributed by atoms with Gasteiger partial charge in [-0.1, -0.05) is 17.7 Å². The van der Waals surface area contributed by atoms with E-state index >= 15 is 0 Å². The number of allylic oxidation sites excluding steroid dienone is 2. The normalized spacial score (nSPS) is 31.1. The maximum absolute atomic E-state index is 6.31. The summed E-state index contributed by atoms with van der Waals surface area (Å²) in [4.78, 5) is 0. The number of alkyl halides is 2. The lowest BCUT2D eigenvalue weighted by atomic mass is 9.93. The van der Waals surface area contributed by atoms with Crippen LogP contribution in [-0.4, -0.2) is 37.2 Å². The largest absolute Gasteiger partial charge is 0.496 e. The zero-order valence-corrected chi connectivity index (χ0v) is 13.4. The monoisotopic (exact) mass is 319 g/mol. The Morgan fingerprint density at radius 3 is 2.85 bits per heavy atom. The third-order valence-corrected chi connectivity index (χ3v) is 5.13. The molecule has 2 rings (SSSR count). The summed E-state index contributed by atoms with van der Waals surface area (Å²) >= 11 is 12.6. The van der Waals surface area contributed by atoms with Crippen LogP contribution in [0.4, 0.5) is 0 Å². The molecule has 1 heterocycles. The van der Waals surface area contributed by atoms with Gasteiger partial charge in [-0.25, -0.2) is 0 Å². The van der Waals surface area contributed by atoms with Crippen LogP contribution in [0.1, 0.15) is 25.7 Å². The molecule has 5 heteroatoms. The van der Waals surface area contributed by atoms with Crippen molar-refractivity contribution in [1.29, 1.82) is 0 Å². The first-order valence-corrected chi connectivity index (χ1v) is 8.08. The Bertz CT molecular complexity index is 367. The highest BCUT2D eigenvalue weighted by Crippen LogP contribution is 2.35. The molecule has 1 saturated heterocycles. The van der Waals surface area contributed by atoms with Gasteiger partial charge in [0.15, 0.2) is 5.06 Å². The molecule has 0 bridgehead atoms. The number of ether oxygens (including phenoxy) is 2. The first kappa shape index (κ1) is 16.2. The number of hydrogen-bond donors (Lipinski definition) is 1. The van der Waals surface area contributed by atoms with Crippen LogP contribution < -0.4 is 5.32 Å². The zero-order chi connectivity index (χ0) is 14.4. The maximum Gasteiger partial charge on any atom is 0.183 e. The quantitative estimate of drug-likeness (QED) is 0.601. The summed E-state index contributed by atoms with van der Waals surface area (Å²) in [5.74, 6) is 1.52. The van der Waals surface area contributed by atoms with Crippen molar-refractivity contribution in [3.63, 3.8) is 0 Å². The van der Waals surface area contributed by atoms with Gasteiger partial charge in [0.05, 0.1) is 6.61 Å². The molecular weight excluding hydrogens is 297 g/mol. The van der Waals surface area contributed by atoms with Crippen LogP contribution in [0.3, 0.4) is 0 Å². The average Bonchev–Trinajstić information content (AvgIpc) is 2.49. The lowest BCUT2D eigenvalue weighted by molar-refractivity contribution is 0.0825. The van der Waals surface area contributed by atoms with Crippen LogP contribution in [0.15, 0.2) is 24.0 Å². The third-order valence-electron chi connectivity index (χ3n) is 3.98. The van der Waals surface area contributed by atoms with E-state index in [9.17, 15) is 0 Å². The molecule has 1 N–H and O–H groups in total. The molecule has 0 spiro atoms. The van der Waals surface area contributed by atoms with Gasteiger partial charge < -0.3 is 14.8 Å². The summed E-state index contributed by atoms with van der Waals surface area (Å²) in [7, 11) is 1.55. The smallest absolute Gasteiger partial charge is 0.183 e. The minimum Gasteiger partial charge on any atom is -0.496 e. The second-order valence-corrected chi connectivity index (χ2v) is 6.40. The summed E-state index contributed by atoms with van der Waals surface area (Å²) in [6.07, 6.45) is 10.3. The van der Waals surface area contributed by atoms with Gasteiger partial charge in [-0.05, 0) is 56.8 Å². The van der Waals surface area contributed by atoms with Gasteiger partial charge in [-0.2, -0.15) is 0 Å². The Morgan fingerprint density at radius 2 is 2.15 bits per heavy atom. The molecule has 2 atom stereocenters. The summed E-state index contributed by atoms with van der Waals surface area (Å²) < 4.78 is 11.0. The highest BCUT2D eigenvalue weighted by molar-refractivity contribution is 6.34. The molecule has 3 nitrogen and oxygen atoms in total. The molecular formula is C15H23Cl2NO2. The minimum absolute atomic E-state index is 0.488. The fourth-order valence-electron chi connectivity index (χ4n) is 2.66. The molecule has 1 aliphatic heterocycles. The van der Waals surface area contributed by atoms with Crippen molar-refractivity contribution >= 4 is 23.2 Å². The Morgan fingerprint density at radius 1 is 1.40 bits per heavy atom. The molecule has 20 heavy (non-hydrogen) atoms. The van der Waals surface area contributed by atoms with Crippen LogP contribution >= 0.6 is 23.2 Å². The lowest BCUT2D eigenvalue weighted by Crippen LogP contribution is -2.36. The number of methoxy groups -OCH3 is 1. The Balaban J connectivity index is 1.71. The van der Waals surface area contributed by atoms with Crippen LogP contribution in [0.25, 0.3) is 0 Å². The molecule has 0 aromatic heterocycles. The van der Waals surface area contributed by atoms with Crippen LogP contribution in [0.5, 0.6) is 0 Å². The number of nitrogens with one attached hydrogen (secondary N) is 1.